The van der Waals surface area contributed by atoms with Gasteiger partial charge in [0.15, 0.2) is 0 Å². The molecule has 0 bridgehead atoms. The molecule has 0 aliphatic rings. The minimum absolute atomic E-state index is 0.0461. The molecule has 0 fully saturated rings. The number of imidazole rings is 1. The third kappa shape index (κ3) is 2.76. The van der Waals surface area contributed by atoms with Crippen LogP contribution in [0, 0.1) is 11.6 Å². The SMILES string of the molecule is CC(O)c1ccc2c(c1)ncn2-c1cccc(-c2c(F)cccc2F)c1. The van der Waals surface area contributed by atoms with Crippen LogP contribution in [0.25, 0.3) is 27.8 Å². The first kappa shape index (κ1) is 16.4. The van der Waals surface area contributed by atoms with Crippen LogP contribution in [0.2, 0.25) is 0 Å². The van der Waals surface area contributed by atoms with Crippen LogP contribution in [-0.4, -0.2) is 14.7 Å². The number of hydrogen-bond acceptors (Lipinski definition) is 2. The van der Waals surface area contributed by atoms with Gasteiger partial charge in [-0.2, -0.15) is 0 Å². The summed E-state index contributed by atoms with van der Waals surface area (Å²) in [6, 6.07) is 16.4. The molecule has 1 N–H and O–H groups in total. The van der Waals surface area contributed by atoms with Crippen molar-refractivity contribution in [2.24, 2.45) is 0 Å². The molecule has 1 heterocycles. The normalized spacial score (nSPS) is 12.5. The molecule has 5 heteroatoms. The molecule has 0 amide bonds. The molecular weight excluding hydrogens is 334 g/mol. The van der Waals surface area contributed by atoms with Gasteiger partial charge in [-0.05, 0) is 54.4 Å². The van der Waals surface area contributed by atoms with Crippen LogP contribution < -0.4 is 0 Å². The Morgan fingerprint density at radius 2 is 1.69 bits per heavy atom. The predicted molar refractivity (Wildman–Crippen MR) is 97.1 cm³/mol. The molecule has 1 aromatic heterocycles. The zero-order valence-electron chi connectivity index (χ0n) is 14.0. The van der Waals surface area contributed by atoms with E-state index in [1.54, 1.807) is 31.5 Å². The van der Waals surface area contributed by atoms with Crippen molar-refractivity contribution in [1.29, 1.82) is 0 Å². The van der Waals surface area contributed by atoms with Gasteiger partial charge in [0, 0.05) is 5.69 Å². The second kappa shape index (κ2) is 6.35. The van der Waals surface area contributed by atoms with E-state index in [0.717, 1.165) is 22.3 Å². The Morgan fingerprint density at radius 1 is 0.962 bits per heavy atom. The van der Waals surface area contributed by atoms with E-state index in [4.69, 9.17) is 0 Å². The predicted octanol–water partition coefficient (Wildman–Crippen LogP) is 5.02. The Bertz CT molecular complexity index is 1080. The van der Waals surface area contributed by atoms with Gasteiger partial charge in [-0.15, -0.1) is 0 Å². The maximum Gasteiger partial charge on any atom is 0.133 e. The van der Waals surface area contributed by atoms with Crippen molar-refractivity contribution in [3.8, 4) is 16.8 Å². The van der Waals surface area contributed by atoms with Crippen LogP contribution in [0.5, 0.6) is 0 Å². The van der Waals surface area contributed by atoms with E-state index in [1.165, 1.54) is 18.2 Å². The molecule has 4 aromatic rings. The lowest BCUT2D eigenvalue weighted by Crippen LogP contribution is -1.95. The summed E-state index contributed by atoms with van der Waals surface area (Å²) in [7, 11) is 0. The number of benzene rings is 3. The van der Waals surface area contributed by atoms with Crippen molar-refractivity contribution >= 4 is 11.0 Å². The third-order valence-electron chi connectivity index (χ3n) is 4.43. The number of nitrogens with zero attached hydrogens (tertiary/aromatic N) is 2. The number of aliphatic hydroxyl groups excluding tert-OH is 1. The first-order valence-electron chi connectivity index (χ1n) is 8.24. The molecule has 0 radical (unpaired) electrons. The maximum absolute atomic E-state index is 14.1. The lowest BCUT2D eigenvalue weighted by atomic mass is 10.0. The van der Waals surface area contributed by atoms with Gasteiger partial charge in [0.2, 0.25) is 0 Å². The number of aromatic nitrogens is 2. The highest BCUT2D eigenvalue weighted by Gasteiger charge is 2.13. The van der Waals surface area contributed by atoms with Gasteiger partial charge in [0.05, 0.1) is 22.7 Å². The highest BCUT2D eigenvalue weighted by atomic mass is 19.1. The van der Waals surface area contributed by atoms with Crippen molar-refractivity contribution in [2.45, 2.75) is 13.0 Å². The highest BCUT2D eigenvalue weighted by Crippen LogP contribution is 2.29. The summed E-state index contributed by atoms with van der Waals surface area (Å²) in [5.74, 6) is -1.20. The Morgan fingerprint density at radius 3 is 2.42 bits per heavy atom. The second-order valence-corrected chi connectivity index (χ2v) is 6.19. The van der Waals surface area contributed by atoms with Gasteiger partial charge >= 0.3 is 0 Å². The molecule has 1 atom stereocenters. The maximum atomic E-state index is 14.1. The Balaban J connectivity index is 1.84. The van der Waals surface area contributed by atoms with Gasteiger partial charge in [-0.25, -0.2) is 13.8 Å². The molecule has 3 nitrogen and oxygen atoms in total. The number of aliphatic hydroxyl groups is 1. The summed E-state index contributed by atoms with van der Waals surface area (Å²) in [5.41, 5.74) is 3.53. The van der Waals surface area contributed by atoms with Crippen molar-refractivity contribution < 1.29 is 13.9 Å². The monoisotopic (exact) mass is 350 g/mol. The zero-order chi connectivity index (χ0) is 18.3. The minimum atomic E-state index is -0.598. The van der Waals surface area contributed by atoms with Crippen molar-refractivity contribution in [1.82, 2.24) is 9.55 Å². The highest BCUT2D eigenvalue weighted by molar-refractivity contribution is 5.79. The topological polar surface area (TPSA) is 38.1 Å². The van der Waals surface area contributed by atoms with Crippen molar-refractivity contribution in [3.63, 3.8) is 0 Å². The van der Waals surface area contributed by atoms with Crippen molar-refractivity contribution in [2.75, 3.05) is 0 Å². The first-order valence-corrected chi connectivity index (χ1v) is 8.24. The van der Waals surface area contributed by atoms with Crippen LogP contribution in [-0.2, 0) is 0 Å². The molecular formula is C21H16F2N2O. The van der Waals surface area contributed by atoms with Gasteiger partial charge in [0.25, 0.3) is 0 Å². The molecule has 0 aliphatic heterocycles. The van der Waals surface area contributed by atoms with Gasteiger partial charge in [-0.1, -0.05) is 24.3 Å². The molecule has 0 saturated carbocycles. The fraction of sp³-hybridized carbons (Fsp3) is 0.0952. The molecule has 3 aromatic carbocycles. The van der Waals surface area contributed by atoms with E-state index in [2.05, 4.69) is 4.98 Å². The molecule has 1 unspecified atom stereocenters. The number of halogens is 2. The van der Waals surface area contributed by atoms with E-state index in [1.807, 2.05) is 28.8 Å². The molecule has 0 saturated heterocycles. The van der Waals surface area contributed by atoms with Crippen LogP contribution in [0.1, 0.15) is 18.6 Å². The van der Waals surface area contributed by atoms with Crippen molar-refractivity contribution in [3.05, 3.63) is 84.2 Å². The quantitative estimate of drug-likeness (QED) is 0.563. The van der Waals surface area contributed by atoms with E-state index in [0.29, 0.717) is 5.56 Å². The van der Waals surface area contributed by atoms with E-state index >= 15 is 0 Å². The zero-order valence-corrected chi connectivity index (χ0v) is 14.0. The lowest BCUT2D eigenvalue weighted by Gasteiger charge is -2.10. The van der Waals surface area contributed by atoms with Gasteiger partial charge < -0.3 is 5.11 Å². The lowest BCUT2D eigenvalue weighted by molar-refractivity contribution is 0.199. The smallest absolute Gasteiger partial charge is 0.133 e. The summed E-state index contributed by atoms with van der Waals surface area (Å²) in [6.07, 6.45) is 1.09. The Labute approximate surface area is 149 Å². The largest absolute Gasteiger partial charge is 0.389 e. The first-order chi connectivity index (χ1) is 12.5. The van der Waals surface area contributed by atoms with E-state index in [-0.39, 0.29) is 5.56 Å². The fourth-order valence-electron chi connectivity index (χ4n) is 3.08. The second-order valence-electron chi connectivity index (χ2n) is 6.19. The van der Waals surface area contributed by atoms with E-state index < -0.39 is 17.7 Å². The summed E-state index contributed by atoms with van der Waals surface area (Å²) in [6.45, 7) is 1.70. The van der Waals surface area contributed by atoms with Gasteiger partial charge in [0.1, 0.15) is 18.0 Å². The van der Waals surface area contributed by atoms with Crippen LogP contribution in [0.3, 0.4) is 0 Å². The summed E-state index contributed by atoms with van der Waals surface area (Å²) in [5, 5.41) is 9.72. The summed E-state index contributed by atoms with van der Waals surface area (Å²) < 4.78 is 30.1. The van der Waals surface area contributed by atoms with Gasteiger partial charge in [-0.3, -0.25) is 4.57 Å². The molecule has 130 valence electrons. The van der Waals surface area contributed by atoms with E-state index in [9.17, 15) is 13.9 Å². The van der Waals surface area contributed by atoms with Crippen LogP contribution >= 0.6 is 0 Å². The average molecular weight is 350 g/mol. The number of hydrogen-bond donors (Lipinski definition) is 1. The van der Waals surface area contributed by atoms with Crippen LogP contribution in [0.15, 0.2) is 67.0 Å². The molecule has 0 spiro atoms. The Kier molecular flexibility index (Phi) is 4.01. The average Bonchev–Trinajstić information content (AvgIpc) is 3.05. The third-order valence-corrected chi connectivity index (χ3v) is 4.43. The Hall–Kier alpha value is -3.05. The molecule has 26 heavy (non-hydrogen) atoms. The minimum Gasteiger partial charge on any atom is -0.389 e. The number of fused-ring (bicyclic) bond motifs is 1. The molecule has 0 aliphatic carbocycles. The standard InChI is InChI=1S/C21H16F2N2O/c1-13(26)14-8-9-20-19(11-14)24-12-25(20)16-5-2-4-15(10-16)21-17(22)6-3-7-18(21)23/h2-13,26H,1H3. The summed E-state index contributed by atoms with van der Waals surface area (Å²) in [4.78, 5) is 4.38. The number of rotatable bonds is 3. The molecule has 4 rings (SSSR count). The van der Waals surface area contributed by atoms with Crippen LogP contribution in [0.4, 0.5) is 8.78 Å². The fourth-order valence-corrected chi connectivity index (χ4v) is 3.08. The summed E-state index contributed by atoms with van der Waals surface area (Å²) >= 11 is 0.